The second kappa shape index (κ2) is 5.48. The summed E-state index contributed by atoms with van der Waals surface area (Å²) in [7, 11) is 1.75. The summed E-state index contributed by atoms with van der Waals surface area (Å²) >= 11 is 0. The highest BCUT2D eigenvalue weighted by atomic mass is 19.1. The maximum atomic E-state index is 13.4. The van der Waals surface area contributed by atoms with E-state index in [-0.39, 0.29) is 11.7 Å². The average molecular weight is 259 g/mol. The van der Waals surface area contributed by atoms with Gasteiger partial charge in [0.05, 0.1) is 5.56 Å². The van der Waals surface area contributed by atoms with Crippen molar-refractivity contribution in [1.82, 2.24) is 4.98 Å². The van der Waals surface area contributed by atoms with Crippen molar-refractivity contribution in [2.75, 3.05) is 17.7 Å². The monoisotopic (exact) mass is 259 g/mol. The van der Waals surface area contributed by atoms with E-state index in [4.69, 9.17) is 0 Å². The molecule has 5 heteroatoms. The van der Waals surface area contributed by atoms with Crippen LogP contribution in [0.4, 0.5) is 15.9 Å². The molecule has 1 aromatic heterocycles. The van der Waals surface area contributed by atoms with E-state index in [2.05, 4.69) is 15.6 Å². The van der Waals surface area contributed by atoms with Crippen LogP contribution < -0.4 is 10.6 Å². The first-order valence-electron chi connectivity index (χ1n) is 5.81. The van der Waals surface area contributed by atoms with E-state index < -0.39 is 0 Å². The molecule has 0 radical (unpaired) electrons. The highest BCUT2D eigenvalue weighted by Crippen LogP contribution is 2.15. The topological polar surface area (TPSA) is 54.0 Å². The molecule has 0 saturated heterocycles. The van der Waals surface area contributed by atoms with Gasteiger partial charge in [-0.2, -0.15) is 0 Å². The molecule has 4 nitrogen and oxygen atoms in total. The van der Waals surface area contributed by atoms with Gasteiger partial charge in [-0.25, -0.2) is 9.37 Å². The third-order valence-corrected chi connectivity index (χ3v) is 2.71. The Morgan fingerprint density at radius 3 is 2.63 bits per heavy atom. The van der Waals surface area contributed by atoms with Gasteiger partial charge in [0.2, 0.25) is 0 Å². The van der Waals surface area contributed by atoms with Gasteiger partial charge < -0.3 is 10.6 Å². The highest BCUT2D eigenvalue weighted by Gasteiger charge is 2.07. The Hall–Kier alpha value is -2.43. The average Bonchev–Trinajstić information content (AvgIpc) is 2.43. The number of hydrogen-bond donors (Lipinski definition) is 2. The number of nitrogens with one attached hydrogen (secondary N) is 2. The normalized spacial score (nSPS) is 10.1. The predicted molar refractivity (Wildman–Crippen MR) is 72.9 cm³/mol. The van der Waals surface area contributed by atoms with Crippen LogP contribution in [0.25, 0.3) is 0 Å². The Kier molecular flexibility index (Phi) is 3.75. The summed E-state index contributed by atoms with van der Waals surface area (Å²) in [5.41, 5.74) is 1.38. The molecule has 1 amide bonds. The molecule has 0 saturated carbocycles. The van der Waals surface area contributed by atoms with Crippen molar-refractivity contribution in [3.63, 3.8) is 0 Å². The van der Waals surface area contributed by atoms with Crippen molar-refractivity contribution in [2.24, 2.45) is 0 Å². The Morgan fingerprint density at radius 1 is 1.26 bits per heavy atom. The number of anilines is 2. The van der Waals surface area contributed by atoms with Gasteiger partial charge in [0.15, 0.2) is 0 Å². The minimum atomic E-state index is -0.346. The maximum absolute atomic E-state index is 13.4. The number of carbonyl (C=O) groups is 1. The summed E-state index contributed by atoms with van der Waals surface area (Å²) in [4.78, 5) is 16.0. The second-order valence-electron chi connectivity index (χ2n) is 4.10. The number of hydrogen-bond acceptors (Lipinski definition) is 3. The Morgan fingerprint density at radius 2 is 2.05 bits per heavy atom. The number of aromatic nitrogens is 1. The summed E-state index contributed by atoms with van der Waals surface area (Å²) in [6.07, 6.45) is 1.46. The van der Waals surface area contributed by atoms with Crippen LogP contribution in [0.2, 0.25) is 0 Å². The van der Waals surface area contributed by atoms with E-state index in [1.165, 1.54) is 12.3 Å². The second-order valence-corrected chi connectivity index (χ2v) is 4.10. The lowest BCUT2D eigenvalue weighted by molar-refractivity contribution is 0.102. The van der Waals surface area contributed by atoms with Crippen molar-refractivity contribution >= 4 is 17.4 Å². The van der Waals surface area contributed by atoms with Crippen molar-refractivity contribution in [1.29, 1.82) is 0 Å². The number of pyridine rings is 1. The number of nitrogens with zero attached hydrogens (tertiary/aromatic N) is 1. The maximum Gasteiger partial charge on any atom is 0.257 e. The van der Waals surface area contributed by atoms with Crippen LogP contribution in [-0.4, -0.2) is 17.9 Å². The molecule has 0 fully saturated rings. The summed E-state index contributed by atoms with van der Waals surface area (Å²) in [6, 6.07) is 7.92. The molecular weight excluding hydrogens is 245 g/mol. The van der Waals surface area contributed by atoms with Crippen LogP contribution in [0.1, 0.15) is 15.9 Å². The van der Waals surface area contributed by atoms with Crippen LogP contribution in [0, 0.1) is 12.7 Å². The number of rotatable bonds is 3. The molecule has 0 bridgehead atoms. The highest BCUT2D eigenvalue weighted by molar-refractivity contribution is 6.04. The molecule has 1 aromatic carbocycles. The quantitative estimate of drug-likeness (QED) is 0.891. The Labute approximate surface area is 110 Å². The molecule has 0 atom stereocenters. The number of halogens is 1. The molecule has 0 spiro atoms. The van der Waals surface area contributed by atoms with Gasteiger partial charge in [-0.3, -0.25) is 4.79 Å². The van der Waals surface area contributed by atoms with Crippen molar-refractivity contribution in [3.8, 4) is 0 Å². The molecule has 98 valence electrons. The first-order chi connectivity index (χ1) is 9.10. The van der Waals surface area contributed by atoms with E-state index in [0.29, 0.717) is 22.6 Å². The molecule has 1 heterocycles. The minimum Gasteiger partial charge on any atom is -0.373 e. The lowest BCUT2D eigenvalue weighted by Gasteiger charge is -2.06. The van der Waals surface area contributed by atoms with Crippen LogP contribution in [0.5, 0.6) is 0 Å². The summed E-state index contributed by atoms with van der Waals surface area (Å²) < 4.78 is 13.4. The van der Waals surface area contributed by atoms with Gasteiger partial charge in [0, 0.05) is 18.9 Å². The van der Waals surface area contributed by atoms with Gasteiger partial charge in [-0.15, -0.1) is 0 Å². The number of amides is 1. The molecule has 2 N–H and O–H groups in total. The van der Waals surface area contributed by atoms with E-state index in [1.807, 2.05) is 0 Å². The first-order valence-corrected chi connectivity index (χ1v) is 5.81. The molecule has 0 aliphatic rings. The standard InChI is InChI=1S/C14H14FN3O/c1-9-3-5-11(7-12(9)15)18-14(19)10-4-6-13(16-2)17-8-10/h3-8H,1-2H3,(H,16,17)(H,18,19). The SMILES string of the molecule is CNc1ccc(C(=O)Nc2ccc(C)c(F)c2)cn1. The fourth-order valence-electron chi connectivity index (χ4n) is 1.55. The number of carbonyl (C=O) groups excluding carboxylic acids is 1. The third-order valence-electron chi connectivity index (χ3n) is 2.71. The van der Waals surface area contributed by atoms with Gasteiger partial charge in [-0.05, 0) is 36.8 Å². The zero-order valence-corrected chi connectivity index (χ0v) is 10.7. The van der Waals surface area contributed by atoms with Gasteiger partial charge in [0.25, 0.3) is 5.91 Å². The summed E-state index contributed by atoms with van der Waals surface area (Å²) in [5, 5.41) is 5.49. The summed E-state index contributed by atoms with van der Waals surface area (Å²) in [6.45, 7) is 1.67. The third kappa shape index (κ3) is 3.07. The predicted octanol–water partition coefficient (Wildman–Crippen LogP) is 2.82. The molecule has 2 rings (SSSR count). The van der Waals surface area contributed by atoms with Gasteiger partial charge in [-0.1, -0.05) is 6.07 Å². The van der Waals surface area contributed by atoms with Crippen LogP contribution in [0.3, 0.4) is 0 Å². The van der Waals surface area contributed by atoms with Crippen molar-refractivity contribution < 1.29 is 9.18 Å². The van der Waals surface area contributed by atoms with Gasteiger partial charge in [0.1, 0.15) is 11.6 Å². The van der Waals surface area contributed by atoms with E-state index in [1.54, 1.807) is 38.2 Å². The number of benzene rings is 1. The largest absolute Gasteiger partial charge is 0.373 e. The molecule has 0 unspecified atom stereocenters. The zero-order chi connectivity index (χ0) is 13.8. The Balaban J connectivity index is 2.13. The lowest BCUT2D eigenvalue weighted by atomic mass is 10.2. The van der Waals surface area contributed by atoms with E-state index in [0.717, 1.165) is 0 Å². The smallest absolute Gasteiger partial charge is 0.257 e. The van der Waals surface area contributed by atoms with Crippen LogP contribution in [0.15, 0.2) is 36.5 Å². The molecule has 0 aliphatic carbocycles. The number of aryl methyl sites for hydroxylation is 1. The zero-order valence-electron chi connectivity index (χ0n) is 10.7. The van der Waals surface area contributed by atoms with Gasteiger partial charge >= 0.3 is 0 Å². The van der Waals surface area contributed by atoms with Crippen molar-refractivity contribution in [2.45, 2.75) is 6.92 Å². The fraction of sp³-hybridized carbons (Fsp3) is 0.143. The molecule has 0 aliphatic heterocycles. The first kappa shape index (κ1) is 13.0. The Bertz CT molecular complexity index is 596. The van der Waals surface area contributed by atoms with Crippen LogP contribution in [-0.2, 0) is 0 Å². The minimum absolute atomic E-state index is 0.321. The van der Waals surface area contributed by atoms with Crippen molar-refractivity contribution in [3.05, 3.63) is 53.5 Å². The molecule has 2 aromatic rings. The molecular formula is C14H14FN3O. The van der Waals surface area contributed by atoms with E-state index >= 15 is 0 Å². The van der Waals surface area contributed by atoms with E-state index in [9.17, 15) is 9.18 Å². The summed E-state index contributed by atoms with van der Waals surface area (Å²) in [5.74, 6) is 0.0118. The van der Waals surface area contributed by atoms with Crippen LogP contribution >= 0.6 is 0 Å². The lowest BCUT2D eigenvalue weighted by Crippen LogP contribution is -2.12. The fourth-order valence-corrected chi connectivity index (χ4v) is 1.55. The molecule has 19 heavy (non-hydrogen) atoms.